The Bertz CT molecular complexity index is 1100. The number of fused-ring (bicyclic) bond motifs is 2. The molecule has 0 bridgehead atoms. The third-order valence-electron chi connectivity index (χ3n) is 7.19. The Morgan fingerprint density at radius 3 is 2.47 bits per heavy atom. The number of nitrogens with one attached hydrogen (secondary N) is 1. The maximum absolute atomic E-state index is 15.6. The van der Waals surface area contributed by atoms with Gasteiger partial charge in [0.2, 0.25) is 0 Å². The number of likely N-dealkylation sites (tertiary alicyclic amines) is 1. The second-order valence-electron chi connectivity index (χ2n) is 9.07. The van der Waals surface area contributed by atoms with E-state index in [0.29, 0.717) is 12.8 Å². The van der Waals surface area contributed by atoms with E-state index in [1.54, 1.807) is 0 Å². The summed E-state index contributed by atoms with van der Waals surface area (Å²) >= 11 is 0. The minimum Gasteiger partial charge on any atom is -0.387 e. The monoisotopic (exact) mass is 463 g/mol. The normalized spacial score (nSPS) is 34.3. The van der Waals surface area contributed by atoms with Crippen LogP contribution in [0.3, 0.4) is 0 Å². The van der Waals surface area contributed by atoms with E-state index in [-0.39, 0.29) is 24.8 Å². The third-order valence-corrected chi connectivity index (χ3v) is 7.19. The van der Waals surface area contributed by atoms with Crippen LogP contribution in [0, 0.1) is 11.8 Å². The summed E-state index contributed by atoms with van der Waals surface area (Å²) in [7, 11) is 1.21. The molecule has 2 saturated carbocycles. The molecule has 0 amide bonds. The molecule has 4 aliphatic rings. The number of aromatic nitrogens is 2. The fraction of sp³-hybridized carbons (Fsp3) is 0.700. The highest BCUT2D eigenvalue weighted by molar-refractivity contribution is 5.74. The number of aliphatic hydroxyl groups excluding tert-OH is 1. The molecular weight excluding hydrogens is 441 g/mol. The van der Waals surface area contributed by atoms with E-state index in [9.17, 15) is 32.3 Å². The van der Waals surface area contributed by atoms with E-state index in [1.807, 2.05) is 4.98 Å². The van der Waals surface area contributed by atoms with Gasteiger partial charge in [-0.15, -0.1) is 0 Å². The number of methoxy groups -OCH3 is 1. The van der Waals surface area contributed by atoms with Crippen molar-refractivity contribution in [2.75, 3.05) is 20.2 Å². The SMILES string of the molecule is COC1c2c(c(=O)[nH]c(=O)n2C2CC2)C(C(F)F)=C(F)C1N1CC2CC(F)(F)C(O)C2C1. The molecule has 0 aromatic carbocycles. The molecule has 1 saturated heterocycles. The molecule has 5 rings (SSSR count). The highest BCUT2D eigenvalue weighted by Crippen LogP contribution is 2.51. The number of ether oxygens (including phenoxy) is 1. The Labute approximate surface area is 178 Å². The highest BCUT2D eigenvalue weighted by atomic mass is 19.3. The largest absolute Gasteiger partial charge is 0.387 e. The number of alkyl halides is 4. The summed E-state index contributed by atoms with van der Waals surface area (Å²) in [6, 6.07) is -1.76. The standard InChI is InChI=1S/C20H22F5N3O4/c1-32-15-13-11(18(30)26-19(31)28(13)8-2-3-8)10(17(22)23)12(21)14(15)27-5-7-4-20(24,25)16(29)9(7)6-27/h7-9,14-17,29H,2-6H2,1H3,(H,26,30,31). The topological polar surface area (TPSA) is 87.6 Å². The van der Waals surface area contributed by atoms with Crippen molar-refractivity contribution in [3.63, 3.8) is 0 Å². The first kappa shape index (κ1) is 21.8. The Kier molecular flexibility index (Phi) is 4.92. The average Bonchev–Trinajstić information content (AvgIpc) is 3.42. The average molecular weight is 463 g/mol. The van der Waals surface area contributed by atoms with Gasteiger partial charge in [0.15, 0.2) is 0 Å². The van der Waals surface area contributed by atoms with Gasteiger partial charge in [-0.1, -0.05) is 0 Å². The summed E-state index contributed by atoms with van der Waals surface area (Å²) in [5.41, 5.74) is -3.76. The van der Waals surface area contributed by atoms with Crippen molar-refractivity contribution < 1.29 is 31.8 Å². The minimum absolute atomic E-state index is 0.0576. The lowest BCUT2D eigenvalue weighted by Crippen LogP contribution is -2.48. The van der Waals surface area contributed by atoms with Gasteiger partial charge in [-0.05, 0) is 18.8 Å². The summed E-state index contributed by atoms with van der Waals surface area (Å²) < 4.78 is 78.1. The van der Waals surface area contributed by atoms with E-state index in [1.165, 1.54) is 16.6 Å². The van der Waals surface area contributed by atoms with Gasteiger partial charge < -0.3 is 9.84 Å². The molecule has 176 valence electrons. The number of aliphatic hydroxyl groups is 1. The highest BCUT2D eigenvalue weighted by Gasteiger charge is 2.59. The lowest BCUT2D eigenvalue weighted by atomic mass is 9.87. The van der Waals surface area contributed by atoms with E-state index in [2.05, 4.69) is 0 Å². The third kappa shape index (κ3) is 3.02. The van der Waals surface area contributed by atoms with Gasteiger partial charge in [0.25, 0.3) is 17.9 Å². The van der Waals surface area contributed by atoms with Crippen molar-refractivity contribution in [1.82, 2.24) is 14.5 Å². The lowest BCUT2D eigenvalue weighted by molar-refractivity contribution is -0.103. The van der Waals surface area contributed by atoms with Gasteiger partial charge >= 0.3 is 5.69 Å². The molecule has 5 unspecified atom stereocenters. The number of rotatable bonds is 4. The van der Waals surface area contributed by atoms with Crippen molar-refractivity contribution in [1.29, 1.82) is 0 Å². The molecule has 1 aromatic heterocycles. The molecular formula is C20H22F5N3O4. The van der Waals surface area contributed by atoms with Crippen LogP contribution < -0.4 is 11.2 Å². The molecule has 12 heteroatoms. The van der Waals surface area contributed by atoms with Gasteiger partial charge in [-0.2, -0.15) is 0 Å². The Morgan fingerprint density at radius 2 is 1.91 bits per heavy atom. The molecule has 5 atom stereocenters. The number of hydrogen-bond acceptors (Lipinski definition) is 5. The molecule has 7 nitrogen and oxygen atoms in total. The molecule has 1 aromatic rings. The zero-order valence-electron chi connectivity index (χ0n) is 17.0. The first-order valence-electron chi connectivity index (χ1n) is 10.5. The van der Waals surface area contributed by atoms with Gasteiger partial charge in [0, 0.05) is 38.6 Å². The number of hydrogen-bond donors (Lipinski definition) is 2. The van der Waals surface area contributed by atoms with Crippen LogP contribution in [0.15, 0.2) is 15.4 Å². The number of H-pyrrole nitrogens is 1. The summed E-state index contributed by atoms with van der Waals surface area (Å²) in [6.45, 7) is -0.208. The van der Waals surface area contributed by atoms with E-state index < -0.39 is 77.1 Å². The number of nitrogens with zero attached hydrogens (tertiary/aromatic N) is 2. The number of halogens is 5. The van der Waals surface area contributed by atoms with Crippen LogP contribution in [0.2, 0.25) is 0 Å². The van der Waals surface area contributed by atoms with E-state index in [4.69, 9.17) is 4.74 Å². The molecule has 3 aliphatic carbocycles. The molecule has 1 aliphatic heterocycles. The van der Waals surface area contributed by atoms with Crippen molar-refractivity contribution in [3.05, 3.63) is 37.9 Å². The molecule has 2 heterocycles. The fourth-order valence-corrected chi connectivity index (χ4v) is 5.68. The van der Waals surface area contributed by atoms with Crippen molar-refractivity contribution in [2.24, 2.45) is 11.8 Å². The first-order chi connectivity index (χ1) is 15.1. The second-order valence-corrected chi connectivity index (χ2v) is 9.07. The maximum atomic E-state index is 15.6. The first-order valence-corrected chi connectivity index (χ1v) is 10.5. The zero-order chi connectivity index (χ0) is 23.1. The van der Waals surface area contributed by atoms with Crippen LogP contribution >= 0.6 is 0 Å². The van der Waals surface area contributed by atoms with Gasteiger partial charge in [0.05, 0.1) is 22.9 Å². The summed E-state index contributed by atoms with van der Waals surface area (Å²) in [4.78, 5) is 28.5. The molecule has 0 spiro atoms. The van der Waals surface area contributed by atoms with Gasteiger partial charge in [-0.25, -0.2) is 26.7 Å². The number of allylic oxidation sites excluding steroid dienone is 1. The van der Waals surface area contributed by atoms with Gasteiger partial charge in [0.1, 0.15) is 18.0 Å². The quantitative estimate of drug-likeness (QED) is 0.666. The zero-order valence-corrected chi connectivity index (χ0v) is 17.0. The molecule has 0 radical (unpaired) electrons. The number of aromatic amines is 1. The van der Waals surface area contributed by atoms with Crippen LogP contribution in [0.25, 0.3) is 5.57 Å². The Morgan fingerprint density at radius 1 is 1.22 bits per heavy atom. The van der Waals surface area contributed by atoms with Crippen LogP contribution in [-0.4, -0.2) is 64.3 Å². The van der Waals surface area contributed by atoms with Crippen LogP contribution in [0.5, 0.6) is 0 Å². The van der Waals surface area contributed by atoms with Crippen molar-refractivity contribution in [2.45, 2.75) is 55.9 Å². The summed E-state index contributed by atoms with van der Waals surface area (Å²) in [6.07, 6.45) is -5.95. The van der Waals surface area contributed by atoms with Crippen LogP contribution in [0.1, 0.15) is 42.7 Å². The van der Waals surface area contributed by atoms with E-state index >= 15 is 4.39 Å². The maximum Gasteiger partial charge on any atom is 0.328 e. The van der Waals surface area contributed by atoms with E-state index in [0.717, 1.165) is 0 Å². The van der Waals surface area contributed by atoms with Gasteiger partial charge in [-0.3, -0.25) is 19.2 Å². The fourth-order valence-electron chi connectivity index (χ4n) is 5.68. The van der Waals surface area contributed by atoms with Crippen molar-refractivity contribution in [3.8, 4) is 0 Å². The lowest BCUT2D eigenvalue weighted by Gasteiger charge is -2.39. The predicted octanol–water partition coefficient (Wildman–Crippen LogP) is 1.83. The van der Waals surface area contributed by atoms with Crippen molar-refractivity contribution >= 4 is 5.57 Å². The van der Waals surface area contributed by atoms with Crippen LogP contribution in [-0.2, 0) is 4.74 Å². The Hall–Kier alpha value is -2.05. The molecule has 2 N–H and O–H groups in total. The Balaban J connectivity index is 1.65. The summed E-state index contributed by atoms with van der Waals surface area (Å²) in [5.74, 6) is -6.04. The predicted molar refractivity (Wildman–Crippen MR) is 101 cm³/mol. The molecule has 3 fully saturated rings. The molecule has 32 heavy (non-hydrogen) atoms. The minimum atomic E-state index is -3.35. The smallest absolute Gasteiger partial charge is 0.328 e. The second kappa shape index (κ2) is 7.22. The van der Waals surface area contributed by atoms with Crippen LogP contribution in [0.4, 0.5) is 22.0 Å². The summed E-state index contributed by atoms with van der Waals surface area (Å²) in [5, 5.41) is 10.0.